The minimum atomic E-state index is 0.329. The topological polar surface area (TPSA) is 40.5 Å². The van der Waals surface area contributed by atoms with Crippen molar-refractivity contribution in [2.75, 3.05) is 0 Å². The van der Waals surface area contributed by atoms with E-state index in [2.05, 4.69) is 32.0 Å². The SMILES string of the molecule is CC.CC.CC(C)c1ccc2cc(O)ccc2c1.Cc1cccc(O)c1. The van der Waals surface area contributed by atoms with Crippen molar-refractivity contribution in [2.45, 2.75) is 54.4 Å². The van der Waals surface area contributed by atoms with Crippen LogP contribution < -0.4 is 0 Å². The summed E-state index contributed by atoms with van der Waals surface area (Å²) in [6.07, 6.45) is 0. The molecular weight excluding hydrogens is 320 g/mol. The molecule has 0 aromatic heterocycles. The van der Waals surface area contributed by atoms with E-state index in [1.807, 2.05) is 52.8 Å². The zero-order chi connectivity index (χ0) is 20.1. The maximum atomic E-state index is 9.31. The molecule has 0 saturated heterocycles. The van der Waals surface area contributed by atoms with Crippen molar-refractivity contribution in [2.24, 2.45) is 0 Å². The van der Waals surface area contributed by atoms with E-state index in [-0.39, 0.29) is 0 Å². The summed E-state index contributed by atoms with van der Waals surface area (Å²) in [7, 11) is 0. The zero-order valence-electron chi connectivity index (χ0n) is 17.2. The summed E-state index contributed by atoms with van der Waals surface area (Å²) in [5.41, 5.74) is 2.42. The number of fused-ring (bicyclic) bond motifs is 1. The second kappa shape index (κ2) is 12.8. The summed E-state index contributed by atoms with van der Waals surface area (Å²) in [5, 5.41) is 20.4. The quantitative estimate of drug-likeness (QED) is 0.477. The van der Waals surface area contributed by atoms with E-state index in [1.54, 1.807) is 24.3 Å². The Bertz CT molecular complexity index is 744. The molecule has 3 aromatic rings. The molecule has 2 N–H and O–H groups in total. The second-order valence-electron chi connectivity index (χ2n) is 5.78. The van der Waals surface area contributed by atoms with E-state index < -0.39 is 0 Å². The molecule has 0 saturated carbocycles. The van der Waals surface area contributed by atoms with Gasteiger partial charge in [0.25, 0.3) is 0 Å². The van der Waals surface area contributed by atoms with Crippen molar-refractivity contribution < 1.29 is 10.2 Å². The van der Waals surface area contributed by atoms with Crippen LogP contribution in [0.2, 0.25) is 0 Å². The molecule has 0 heterocycles. The van der Waals surface area contributed by atoms with E-state index in [9.17, 15) is 5.11 Å². The lowest BCUT2D eigenvalue weighted by atomic mass is 9.99. The molecule has 0 fully saturated rings. The predicted octanol–water partition coefficient (Wildman–Crippen LogP) is 7.42. The molecule has 3 aromatic carbocycles. The van der Waals surface area contributed by atoms with Crippen LogP contribution in [0.25, 0.3) is 10.8 Å². The van der Waals surface area contributed by atoms with Gasteiger partial charge in [-0.1, -0.05) is 77.9 Å². The molecule has 0 amide bonds. The Labute approximate surface area is 159 Å². The Morgan fingerprint density at radius 2 is 1.19 bits per heavy atom. The van der Waals surface area contributed by atoms with Crippen LogP contribution in [-0.2, 0) is 0 Å². The minimum absolute atomic E-state index is 0.329. The Hall–Kier alpha value is -2.48. The number of rotatable bonds is 1. The average molecular weight is 355 g/mol. The van der Waals surface area contributed by atoms with E-state index >= 15 is 0 Å². The van der Waals surface area contributed by atoms with Gasteiger partial charge in [0.2, 0.25) is 0 Å². The third kappa shape index (κ3) is 8.06. The first-order valence-electron chi connectivity index (χ1n) is 9.44. The van der Waals surface area contributed by atoms with E-state index in [4.69, 9.17) is 5.11 Å². The fourth-order valence-electron chi connectivity index (χ4n) is 2.24. The first-order valence-corrected chi connectivity index (χ1v) is 9.44. The fraction of sp³-hybridized carbons (Fsp3) is 0.333. The van der Waals surface area contributed by atoms with Crippen LogP contribution in [0, 0.1) is 6.92 Å². The molecular formula is C24H34O2. The van der Waals surface area contributed by atoms with Crippen molar-refractivity contribution in [3.8, 4) is 11.5 Å². The van der Waals surface area contributed by atoms with Gasteiger partial charge in [-0.3, -0.25) is 0 Å². The monoisotopic (exact) mass is 354 g/mol. The molecule has 0 radical (unpaired) electrons. The number of hydrogen-bond donors (Lipinski definition) is 2. The van der Waals surface area contributed by atoms with E-state index in [0.717, 1.165) is 10.9 Å². The molecule has 3 rings (SSSR count). The van der Waals surface area contributed by atoms with Crippen LogP contribution in [0.3, 0.4) is 0 Å². The summed E-state index contributed by atoms with van der Waals surface area (Å²) in [6, 6.07) is 19.0. The Balaban J connectivity index is 0.000000444. The number of aromatic hydroxyl groups is 2. The molecule has 0 aliphatic rings. The fourth-order valence-corrected chi connectivity index (χ4v) is 2.24. The third-order valence-corrected chi connectivity index (χ3v) is 3.52. The van der Waals surface area contributed by atoms with Crippen molar-refractivity contribution in [1.82, 2.24) is 0 Å². The summed E-state index contributed by atoms with van der Waals surface area (Å²) in [5.74, 6) is 1.22. The maximum absolute atomic E-state index is 9.31. The summed E-state index contributed by atoms with van der Waals surface area (Å²) in [4.78, 5) is 0. The maximum Gasteiger partial charge on any atom is 0.116 e. The van der Waals surface area contributed by atoms with Crippen molar-refractivity contribution >= 4 is 10.8 Å². The van der Waals surface area contributed by atoms with Gasteiger partial charge in [-0.15, -0.1) is 0 Å². The molecule has 0 atom stereocenters. The largest absolute Gasteiger partial charge is 0.508 e. The van der Waals surface area contributed by atoms with Crippen molar-refractivity contribution in [3.63, 3.8) is 0 Å². The standard InChI is InChI=1S/C13H14O.C7H8O.2C2H6/c1-9(2)10-3-4-12-8-13(14)6-5-11(12)7-10;1-6-3-2-4-7(8)5-6;2*1-2/h3-9,14H,1-2H3;2-5,8H,1H3;2*1-2H3. The van der Waals surface area contributed by atoms with Crippen LogP contribution in [0.1, 0.15) is 58.6 Å². The Morgan fingerprint density at radius 1 is 0.654 bits per heavy atom. The van der Waals surface area contributed by atoms with Gasteiger partial charge in [-0.05, 0) is 59.0 Å². The predicted molar refractivity (Wildman–Crippen MR) is 115 cm³/mol. The van der Waals surface area contributed by atoms with Crippen LogP contribution >= 0.6 is 0 Å². The molecule has 0 spiro atoms. The number of phenols is 2. The molecule has 142 valence electrons. The molecule has 0 unspecified atom stereocenters. The van der Waals surface area contributed by atoms with Gasteiger partial charge in [0, 0.05) is 0 Å². The van der Waals surface area contributed by atoms with Crippen LogP contribution in [-0.4, -0.2) is 10.2 Å². The molecule has 2 heteroatoms. The Kier molecular flexibility index (Phi) is 11.6. The van der Waals surface area contributed by atoms with Gasteiger partial charge in [0.1, 0.15) is 11.5 Å². The highest BCUT2D eigenvalue weighted by Gasteiger charge is 2.00. The lowest BCUT2D eigenvalue weighted by Crippen LogP contribution is -1.86. The molecule has 2 nitrogen and oxygen atoms in total. The van der Waals surface area contributed by atoms with Gasteiger partial charge in [0.15, 0.2) is 0 Å². The van der Waals surface area contributed by atoms with Crippen LogP contribution in [0.5, 0.6) is 11.5 Å². The van der Waals surface area contributed by atoms with Crippen molar-refractivity contribution in [1.29, 1.82) is 0 Å². The van der Waals surface area contributed by atoms with Crippen molar-refractivity contribution in [3.05, 3.63) is 71.8 Å². The number of hydrogen-bond acceptors (Lipinski definition) is 2. The molecule has 26 heavy (non-hydrogen) atoms. The van der Waals surface area contributed by atoms with E-state index in [1.165, 1.54) is 10.9 Å². The molecule has 0 aliphatic heterocycles. The Morgan fingerprint density at radius 3 is 1.69 bits per heavy atom. The van der Waals surface area contributed by atoms with Gasteiger partial charge >= 0.3 is 0 Å². The normalized spacial score (nSPS) is 9.23. The second-order valence-corrected chi connectivity index (χ2v) is 5.78. The summed E-state index contributed by atoms with van der Waals surface area (Å²) in [6.45, 7) is 14.3. The highest BCUT2D eigenvalue weighted by molar-refractivity contribution is 5.84. The average Bonchev–Trinajstić information content (AvgIpc) is 2.65. The number of aryl methyl sites for hydroxylation is 1. The number of phenolic OH excluding ortho intramolecular Hbond substituents is 2. The summed E-state index contributed by atoms with van der Waals surface area (Å²) >= 11 is 0. The van der Waals surface area contributed by atoms with Crippen LogP contribution in [0.4, 0.5) is 0 Å². The lowest BCUT2D eigenvalue weighted by Gasteiger charge is -2.06. The smallest absolute Gasteiger partial charge is 0.116 e. The highest BCUT2D eigenvalue weighted by atomic mass is 16.3. The van der Waals surface area contributed by atoms with E-state index in [0.29, 0.717) is 17.4 Å². The van der Waals surface area contributed by atoms with Gasteiger partial charge in [-0.2, -0.15) is 0 Å². The zero-order valence-corrected chi connectivity index (χ0v) is 17.2. The summed E-state index contributed by atoms with van der Waals surface area (Å²) < 4.78 is 0. The highest BCUT2D eigenvalue weighted by Crippen LogP contribution is 2.24. The van der Waals surface area contributed by atoms with Gasteiger partial charge < -0.3 is 10.2 Å². The molecule has 0 bridgehead atoms. The molecule has 0 aliphatic carbocycles. The van der Waals surface area contributed by atoms with Gasteiger partial charge in [0.05, 0.1) is 0 Å². The minimum Gasteiger partial charge on any atom is -0.508 e. The van der Waals surface area contributed by atoms with Gasteiger partial charge in [-0.25, -0.2) is 0 Å². The number of benzene rings is 3. The first-order chi connectivity index (χ1) is 12.5. The third-order valence-electron chi connectivity index (χ3n) is 3.52. The first kappa shape index (κ1) is 23.5. The lowest BCUT2D eigenvalue weighted by molar-refractivity contribution is 0.474. The van der Waals surface area contributed by atoms with Crippen LogP contribution in [0.15, 0.2) is 60.7 Å².